The number of hydrogen-bond acceptors (Lipinski definition) is 3. The Morgan fingerprint density at radius 2 is 1.90 bits per heavy atom. The summed E-state index contributed by atoms with van der Waals surface area (Å²) >= 11 is 0. The Kier molecular flexibility index (Phi) is 4.52. The Morgan fingerprint density at radius 1 is 1.14 bits per heavy atom. The minimum absolute atomic E-state index is 0.322. The minimum Gasteiger partial charge on any atom is -0.465 e. The molecule has 110 valence electrons. The summed E-state index contributed by atoms with van der Waals surface area (Å²) in [4.78, 5) is 11.5. The van der Waals surface area contributed by atoms with Crippen LogP contribution in [-0.2, 0) is 11.3 Å². The standard InChI is InChI=1S/C16H15F2NO2/c1-10-3-5-12(16(20)21-2)8-15(10)19-9-11-4-6-13(17)14(18)7-11/h3-8,19H,9H2,1-2H3. The van der Waals surface area contributed by atoms with Crippen molar-refractivity contribution in [3.63, 3.8) is 0 Å². The van der Waals surface area contributed by atoms with E-state index in [-0.39, 0.29) is 0 Å². The molecule has 0 saturated heterocycles. The van der Waals surface area contributed by atoms with Crippen molar-refractivity contribution in [1.82, 2.24) is 0 Å². The van der Waals surface area contributed by atoms with Crippen LogP contribution in [0.15, 0.2) is 36.4 Å². The number of esters is 1. The molecule has 2 aromatic rings. The van der Waals surface area contributed by atoms with Crippen molar-refractivity contribution in [2.45, 2.75) is 13.5 Å². The summed E-state index contributed by atoms with van der Waals surface area (Å²) in [6.07, 6.45) is 0. The maximum Gasteiger partial charge on any atom is 0.337 e. The molecule has 3 nitrogen and oxygen atoms in total. The van der Waals surface area contributed by atoms with Crippen LogP contribution in [0.1, 0.15) is 21.5 Å². The van der Waals surface area contributed by atoms with E-state index in [2.05, 4.69) is 10.1 Å². The van der Waals surface area contributed by atoms with Crippen molar-refractivity contribution < 1.29 is 18.3 Å². The number of carbonyl (C=O) groups excluding carboxylic acids is 1. The van der Waals surface area contributed by atoms with E-state index >= 15 is 0 Å². The number of rotatable bonds is 4. The van der Waals surface area contributed by atoms with E-state index < -0.39 is 17.6 Å². The average molecular weight is 291 g/mol. The van der Waals surface area contributed by atoms with Crippen LogP contribution in [-0.4, -0.2) is 13.1 Å². The number of ether oxygens (including phenoxy) is 1. The molecule has 0 unspecified atom stereocenters. The zero-order chi connectivity index (χ0) is 15.4. The summed E-state index contributed by atoms with van der Waals surface area (Å²) in [6, 6.07) is 8.86. The minimum atomic E-state index is -0.880. The van der Waals surface area contributed by atoms with Crippen LogP contribution >= 0.6 is 0 Å². The number of methoxy groups -OCH3 is 1. The molecule has 2 rings (SSSR count). The molecule has 0 spiro atoms. The van der Waals surface area contributed by atoms with Crippen LogP contribution < -0.4 is 5.32 Å². The zero-order valence-corrected chi connectivity index (χ0v) is 11.7. The second kappa shape index (κ2) is 6.35. The van der Waals surface area contributed by atoms with E-state index in [1.54, 1.807) is 18.2 Å². The first-order chi connectivity index (χ1) is 10.0. The SMILES string of the molecule is COC(=O)c1ccc(C)c(NCc2ccc(F)c(F)c2)c1. The van der Waals surface area contributed by atoms with Crippen molar-refractivity contribution in [3.05, 3.63) is 64.7 Å². The van der Waals surface area contributed by atoms with Crippen molar-refractivity contribution in [3.8, 4) is 0 Å². The molecule has 0 radical (unpaired) electrons. The second-order valence-electron chi connectivity index (χ2n) is 4.62. The fourth-order valence-corrected chi connectivity index (χ4v) is 1.90. The van der Waals surface area contributed by atoms with Crippen LogP contribution in [0.2, 0.25) is 0 Å². The lowest BCUT2D eigenvalue weighted by Gasteiger charge is -2.11. The first-order valence-electron chi connectivity index (χ1n) is 6.38. The van der Waals surface area contributed by atoms with E-state index in [1.807, 2.05) is 6.92 Å². The molecular formula is C16H15F2NO2. The van der Waals surface area contributed by atoms with Gasteiger partial charge in [0.2, 0.25) is 0 Å². The Balaban J connectivity index is 2.15. The monoisotopic (exact) mass is 291 g/mol. The molecule has 0 fully saturated rings. The van der Waals surface area contributed by atoms with Gasteiger partial charge in [-0.2, -0.15) is 0 Å². The van der Waals surface area contributed by atoms with Gasteiger partial charge < -0.3 is 10.1 Å². The first-order valence-corrected chi connectivity index (χ1v) is 6.38. The number of hydrogen-bond donors (Lipinski definition) is 1. The number of benzene rings is 2. The number of aryl methyl sites for hydroxylation is 1. The van der Waals surface area contributed by atoms with Crippen LogP contribution in [0.25, 0.3) is 0 Å². The number of carbonyl (C=O) groups is 1. The van der Waals surface area contributed by atoms with Gasteiger partial charge >= 0.3 is 5.97 Å². The lowest BCUT2D eigenvalue weighted by atomic mass is 10.1. The zero-order valence-electron chi connectivity index (χ0n) is 11.7. The van der Waals surface area contributed by atoms with Gasteiger partial charge in [0.1, 0.15) is 0 Å². The topological polar surface area (TPSA) is 38.3 Å². The van der Waals surface area contributed by atoms with Crippen molar-refractivity contribution in [2.75, 3.05) is 12.4 Å². The molecule has 0 heterocycles. The molecule has 0 aliphatic rings. The molecule has 0 bridgehead atoms. The van der Waals surface area contributed by atoms with E-state index in [4.69, 9.17) is 0 Å². The predicted molar refractivity (Wildman–Crippen MR) is 76.2 cm³/mol. The van der Waals surface area contributed by atoms with Crippen LogP contribution in [0, 0.1) is 18.6 Å². The molecule has 0 saturated carbocycles. The summed E-state index contributed by atoms with van der Waals surface area (Å²) < 4.78 is 30.7. The smallest absolute Gasteiger partial charge is 0.337 e. The largest absolute Gasteiger partial charge is 0.465 e. The van der Waals surface area contributed by atoms with Gasteiger partial charge in [-0.15, -0.1) is 0 Å². The summed E-state index contributed by atoms with van der Waals surface area (Å²) in [7, 11) is 1.32. The lowest BCUT2D eigenvalue weighted by molar-refractivity contribution is 0.0601. The molecule has 2 aromatic carbocycles. The summed E-state index contributed by atoms with van der Waals surface area (Å²) in [5, 5.41) is 3.10. The maximum atomic E-state index is 13.1. The molecule has 5 heteroatoms. The summed E-state index contributed by atoms with van der Waals surface area (Å²) in [6.45, 7) is 2.21. The lowest BCUT2D eigenvalue weighted by Crippen LogP contribution is -2.05. The molecular weight excluding hydrogens is 276 g/mol. The highest BCUT2D eigenvalue weighted by Gasteiger charge is 2.08. The Morgan fingerprint density at radius 3 is 2.57 bits per heavy atom. The van der Waals surface area contributed by atoms with Gasteiger partial charge in [0.15, 0.2) is 11.6 Å². The molecule has 0 aliphatic carbocycles. The van der Waals surface area contributed by atoms with E-state index in [0.717, 1.165) is 23.4 Å². The van der Waals surface area contributed by atoms with Gasteiger partial charge in [0.05, 0.1) is 12.7 Å². The van der Waals surface area contributed by atoms with Crippen molar-refractivity contribution >= 4 is 11.7 Å². The van der Waals surface area contributed by atoms with Gasteiger partial charge in [0.25, 0.3) is 0 Å². The third-order valence-corrected chi connectivity index (χ3v) is 3.13. The van der Waals surface area contributed by atoms with E-state index in [0.29, 0.717) is 17.7 Å². The molecule has 1 N–H and O–H groups in total. The van der Waals surface area contributed by atoms with Crippen molar-refractivity contribution in [2.24, 2.45) is 0 Å². The quantitative estimate of drug-likeness (QED) is 0.873. The fourth-order valence-electron chi connectivity index (χ4n) is 1.90. The van der Waals surface area contributed by atoms with Gasteiger partial charge in [-0.3, -0.25) is 0 Å². The van der Waals surface area contributed by atoms with Crippen LogP contribution in [0.3, 0.4) is 0 Å². The molecule has 0 atom stereocenters. The molecule has 0 aromatic heterocycles. The first kappa shape index (κ1) is 15.0. The van der Waals surface area contributed by atoms with Gasteiger partial charge in [-0.05, 0) is 42.3 Å². The van der Waals surface area contributed by atoms with Gasteiger partial charge in [0, 0.05) is 12.2 Å². The van der Waals surface area contributed by atoms with E-state index in [1.165, 1.54) is 13.2 Å². The third-order valence-electron chi connectivity index (χ3n) is 3.13. The predicted octanol–water partition coefficient (Wildman–Crippen LogP) is 3.67. The van der Waals surface area contributed by atoms with Gasteiger partial charge in [-0.25, -0.2) is 13.6 Å². The number of halogens is 2. The highest BCUT2D eigenvalue weighted by Crippen LogP contribution is 2.19. The fraction of sp³-hybridized carbons (Fsp3) is 0.188. The normalized spacial score (nSPS) is 10.3. The van der Waals surface area contributed by atoms with Crippen LogP contribution in [0.5, 0.6) is 0 Å². The Labute approximate surface area is 121 Å². The molecule has 0 aliphatic heterocycles. The Bertz CT molecular complexity index is 671. The molecule has 0 amide bonds. The number of nitrogens with one attached hydrogen (secondary N) is 1. The maximum absolute atomic E-state index is 13.1. The molecule has 21 heavy (non-hydrogen) atoms. The van der Waals surface area contributed by atoms with E-state index in [9.17, 15) is 13.6 Å². The highest BCUT2D eigenvalue weighted by molar-refractivity contribution is 5.90. The van der Waals surface area contributed by atoms with Crippen molar-refractivity contribution in [1.29, 1.82) is 0 Å². The Hall–Kier alpha value is -2.43. The van der Waals surface area contributed by atoms with Crippen LogP contribution in [0.4, 0.5) is 14.5 Å². The van der Waals surface area contributed by atoms with Gasteiger partial charge in [-0.1, -0.05) is 12.1 Å². The average Bonchev–Trinajstić information content (AvgIpc) is 2.49. The highest BCUT2D eigenvalue weighted by atomic mass is 19.2. The summed E-state index contributed by atoms with van der Waals surface area (Å²) in [5.41, 5.74) is 2.71. The summed E-state index contributed by atoms with van der Waals surface area (Å²) in [5.74, 6) is -2.18. The third kappa shape index (κ3) is 3.56. The number of anilines is 1. The second-order valence-corrected chi connectivity index (χ2v) is 4.62.